The first-order valence-electron chi connectivity index (χ1n) is 13.3. The monoisotopic (exact) mass is 550 g/mol. The van der Waals surface area contributed by atoms with E-state index < -0.39 is 23.2 Å². The number of benzene rings is 2. The van der Waals surface area contributed by atoms with Gasteiger partial charge in [-0.25, -0.2) is 0 Å². The summed E-state index contributed by atoms with van der Waals surface area (Å²) in [6.45, 7) is 3.96. The first-order valence-corrected chi connectivity index (χ1v) is 13.6. The minimum absolute atomic E-state index is 0.0242. The summed E-state index contributed by atoms with van der Waals surface area (Å²) >= 11 is 6.35. The molecule has 2 aliphatic rings. The summed E-state index contributed by atoms with van der Waals surface area (Å²) < 4.78 is 41.7. The van der Waals surface area contributed by atoms with Crippen LogP contribution in [0.2, 0.25) is 5.02 Å². The van der Waals surface area contributed by atoms with Gasteiger partial charge in [-0.2, -0.15) is 13.2 Å². The van der Waals surface area contributed by atoms with E-state index >= 15 is 0 Å². The molecule has 0 saturated carbocycles. The molecule has 1 N–H and O–H groups in total. The molecule has 38 heavy (non-hydrogen) atoms. The Kier molecular flexibility index (Phi) is 8.72. The normalized spacial score (nSPS) is 19.3. The van der Waals surface area contributed by atoms with Crippen molar-refractivity contribution in [2.75, 3.05) is 31.1 Å². The molecule has 0 aromatic heterocycles. The Hall–Kier alpha value is -2.58. The molecule has 9 heteroatoms. The van der Waals surface area contributed by atoms with Crippen LogP contribution in [0.25, 0.3) is 0 Å². The molecule has 2 aromatic rings. The zero-order valence-electron chi connectivity index (χ0n) is 21.5. The van der Waals surface area contributed by atoms with Gasteiger partial charge in [0.1, 0.15) is 0 Å². The van der Waals surface area contributed by atoms with E-state index in [2.05, 4.69) is 4.90 Å². The number of alkyl halides is 3. The Balaban J connectivity index is 1.29. The highest BCUT2D eigenvalue weighted by atomic mass is 35.5. The molecule has 1 amide bonds. The molecule has 206 valence electrons. The minimum Gasteiger partial charge on any atom is -0.371 e. The third kappa shape index (κ3) is 5.86. The zero-order valence-corrected chi connectivity index (χ0v) is 22.3. The van der Waals surface area contributed by atoms with Gasteiger partial charge in [0.05, 0.1) is 5.02 Å². The maximum absolute atomic E-state index is 13.9. The van der Waals surface area contributed by atoms with Gasteiger partial charge in [0.15, 0.2) is 5.78 Å². The highest BCUT2D eigenvalue weighted by Crippen LogP contribution is 2.41. The van der Waals surface area contributed by atoms with Crippen LogP contribution in [0.15, 0.2) is 48.5 Å². The van der Waals surface area contributed by atoms with Crippen molar-refractivity contribution in [3.8, 4) is 0 Å². The molecule has 0 bridgehead atoms. The lowest BCUT2D eigenvalue weighted by Crippen LogP contribution is -2.57. The van der Waals surface area contributed by atoms with E-state index in [0.29, 0.717) is 41.7 Å². The Morgan fingerprint density at radius 1 is 0.947 bits per heavy atom. The van der Waals surface area contributed by atoms with Crippen LogP contribution in [-0.2, 0) is 10.4 Å². The second-order valence-corrected chi connectivity index (χ2v) is 10.8. The van der Waals surface area contributed by atoms with Crippen molar-refractivity contribution in [1.82, 2.24) is 4.90 Å². The van der Waals surface area contributed by atoms with Gasteiger partial charge < -0.3 is 14.9 Å². The van der Waals surface area contributed by atoms with E-state index in [0.717, 1.165) is 55.1 Å². The predicted octanol–water partition coefficient (Wildman–Crippen LogP) is 6.23. The van der Waals surface area contributed by atoms with E-state index in [1.54, 1.807) is 12.1 Å². The zero-order chi connectivity index (χ0) is 27.5. The third-order valence-corrected chi connectivity index (χ3v) is 8.35. The molecule has 0 radical (unpaired) electrons. The molecule has 2 heterocycles. The average molecular weight is 551 g/mol. The standard InChI is InChI=1S/C29H34ClF3N2O3/c1-2-26(36)24-9-8-23(19-25(24)30)34-14-10-20(11-15-34)18-21-12-16-35(17-13-21)27(37)28(38,29(31,32)33)22-6-4-3-5-7-22/h3-9,19-21,38H,2,10-18H2,1H3/t28-/m1/s1. The van der Waals surface area contributed by atoms with Crippen LogP contribution < -0.4 is 4.90 Å². The third-order valence-electron chi connectivity index (χ3n) is 8.03. The Morgan fingerprint density at radius 2 is 1.53 bits per heavy atom. The van der Waals surface area contributed by atoms with E-state index in [1.165, 1.54) is 12.1 Å². The lowest BCUT2D eigenvalue weighted by atomic mass is 9.82. The van der Waals surface area contributed by atoms with Gasteiger partial charge in [0.2, 0.25) is 0 Å². The van der Waals surface area contributed by atoms with E-state index in [9.17, 15) is 27.9 Å². The Labute approximate surface area is 226 Å². The lowest BCUT2D eigenvalue weighted by Gasteiger charge is -2.40. The van der Waals surface area contributed by atoms with Gasteiger partial charge in [-0.3, -0.25) is 9.59 Å². The number of halogens is 4. The summed E-state index contributed by atoms with van der Waals surface area (Å²) in [6, 6.07) is 12.2. The molecule has 0 unspecified atom stereocenters. The van der Waals surface area contributed by atoms with Crippen LogP contribution in [0.4, 0.5) is 18.9 Å². The molecule has 1 atom stereocenters. The second kappa shape index (κ2) is 11.7. The fourth-order valence-corrected chi connectivity index (χ4v) is 5.98. The average Bonchev–Trinajstić information content (AvgIpc) is 2.92. The summed E-state index contributed by atoms with van der Waals surface area (Å²) in [6.07, 6.45) is -0.500. The number of rotatable bonds is 7. The second-order valence-electron chi connectivity index (χ2n) is 10.4. The number of carbonyl (C=O) groups excluding carboxylic acids is 2. The van der Waals surface area contributed by atoms with Gasteiger partial charge in [-0.1, -0.05) is 48.9 Å². The highest BCUT2D eigenvalue weighted by molar-refractivity contribution is 6.34. The number of hydrogen-bond donors (Lipinski definition) is 1. The quantitative estimate of drug-likeness (QED) is 0.415. The van der Waals surface area contributed by atoms with Crippen LogP contribution in [0, 0.1) is 11.8 Å². The SMILES string of the molecule is CCC(=O)c1ccc(N2CCC(CC3CCN(C(=O)[C@](O)(c4ccccc4)C(F)(F)F)CC3)CC2)cc1Cl. The highest BCUT2D eigenvalue weighted by Gasteiger charge is 2.62. The number of aliphatic hydroxyl groups is 1. The Morgan fingerprint density at radius 3 is 2.05 bits per heavy atom. The number of piperidine rings is 2. The van der Waals surface area contributed by atoms with Crippen molar-refractivity contribution in [2.24, 2.45) is 11.8 Å². The van der Waals surface area contributed by atoms with Gasteiger partial charge in [0.25, 0.3) is 11.5 Å². The largest absolute Gasteiger partial charge is 0.430 e. The summed E-state index contributed by atoms with van der Waals surface area (Å²) in [5, 5.41) is 11.1. The van der Waals surface area contributed by atoms with Gasteiger partial charge in [-0.15, -0.1) is 0 Å². The number of nitrogens with zero attached hydrogens (tertiary/aromatic N) is 2. The van der Waals surface area contributed by atoms with Crippen molar-refractivity contribution >= 4 is 29.0 Å². The van der Waals surface area contributed by atoms with Crippen LogP contribution in [-0.4, -0.2) is 54.1 Å². The van der Waals surface area contributed by atoms with E-state index in [1.807, 2.05) is 19.1 Å². The summed E-state index contributed by atoms with van der Waals surface area (Å²) in [4.78, 5) is 28.4. The number of likely N-dealkylation sites (tertiary alicyclic amines) is 1. The van der Waals surface area contributed by atoms with Crippen LogP contribution in [0.3, 0.4) is 0 Å². The molecule has 0 spiro atoms. The fourth-order valence-electron chi connectivity index (χ4n) is 5.70. The smallest absolute Gasteiger partial charge is 0.371 e. The number of ketones is 1. The number of Topliss-reactive ketones (excluding diaryl/α,β-unsaturated/α-hetero) is 1. The van der Waals surface area contributed by atoms with Crippen LogP contribution in [0.1, 0.15) is 61.4 Å². The molecule has 5 nitrogen and oxygen atoms in total. The molecule has 2 saturated heterocycles. The number of amides is 1. The van der Waals surface area contributed by atoms with Crippen molar-refractivity contribution in [2.45, 2.75) is 57.2 Å². The topological polar surface area (TPSA) is 60.9 Å². The summed E-state index contributed by atoms with van der Waals surface area (Å²) in [5.41, 5.74) is -2.45. The maximum atomic E-state index is 13.9. The van der Waals surface area contributed by atoms with E-state index in [-0.39, 0.29) is 18.9 Å². The summed E-state index contributed by atoms with van der Waals surface area (Å²) in [7, 11) is 0. The maximum Gasteiger partial charge on any atom is 0.430 e. The molecular weight excluding hydrogens is 517 g/mol. The molecular formula is C29H34ClF3N2O3. The molecule has 2 aliphatic heterocycles. The Bertz CT molecular complexity index is 1130. The molecule has 0 aliphatic carbocycles. The predicted molar refractivity (Wildman–Crippen MR) is 141 cm³/mol. The summed E-state index contributed by atoms with van der Waals surface area (Å²) in [5.74, 6) is -0.434. The minimum atomic E-state index is -5.12. The number of anilines is 1. The number of hydrogen-bond acceptors (Lipinski definition) is 4. The molecule has 4 rings (SSSR count). The first-order chi connectivity index (χ1) is 18.0. The fraction of sp³-hybridized carbons (Fsp3) is 0.517. The number of carbonyl (C=O) groups is 2. The van der Waals surface area contributed by atoms with Gasteiger partial charge in [-0.05, 0) is 62.1 Å². The molecule has 2 aromatic carbocycles. The first kappa shape index (κ1) is 28.4. The lowest BCUT2D eigenvalue weighted by molar-refractivity contribution is -0.262. The van der Waals surface area contributed by atoms with Gasteiger partial charge in [0, 0.05) is 49.4 Å². The van der Waals surface area contributed by atoms with Crippen molar-refractivity contribution in [3.05, 3.63) is 64.7 Å². The van der Waals surface area contributed by atoms with Crippen molar-refractivity contribution in [1.29, 1.82) is 0 Å². The van der Waals surface area contributed by atoms with Crippen molar-refractivity contribution < 1.29 is 27.9 Å². The van der Waals surface area contributed by atoms with Gasteiger partial charge >= 0.3 is 6.18 Å². The van der Waals surface area contributed by atoms with Crippen LogP contribution in [0.5, 0.6) is 0 Å². The van der Waals surface area contributed by atoms with E-state index in [4.69, 9.17) is 11.6 Å². The van der Waals surface area contributed by atoms with Crippen LogP contribution >= 0.6 is 11.6 Å². The molecule has 2 fully saturated rings. The van der Waals surface area contributed by atoms with Crippen molar-refractivity contribution in [3.63, 3.8) is 0 Å².